The lowest BCUT2D eigenvalue weighted by Crippen LogP contribution is -2.34. The molecule has 2 heterocycles. The number of pyridine rings is 1. The molecule has 1 aromatic carbocycles. The molecule has 2 aromatic rings. The maximum atomic E-state index is 10.8. The van der Waals surface area contributed by atoms with Gasteiger partial charge in [-0.15, -0.1) is 0 Å². The molecule has 1 N–H and O–H groups in total. The number of hydrogen-bond donors (Lipinski definition) is 1. The highest BCUT2D eigenvalue weighted by Gasteiger charge is 2.26. The maximum absolute atomic E-state index is 10.8. The molecule has 0 fully saturated rings. The van der Waals surface area contributed by atoms with Crippen molar-refractivity contribution >= 4 is 0 Å². The van der Waals surface area contributed by atoms with Crippen molar-refractivity contribution in [3.05, 3.63) is 59.4 Å². The van der Waals surface area contributed by atoms with Gasteiger partial charge in [-0.05, 0) is 50.8 Å². The van der Waals surface area contributed by atoms with Gasteiger partial charge in [-0.25, -0.2) is 0 Å². The van der Waals surface area contributed by atoms with Crippen LogP contribution < -0.4 is 4.74 Å². The van der Waals surface area contributed by atoms with Crippen molar-refractivity contribution in [2.45, 2.75) is 25.6 Å². The van der Waals surface area contributed by atoms with Crippen LogP contribution in [0, 0.1) is 0 Å². The van der Waals surface area contributed by atoms with E-state index in [4.69, 9.17) is 4.74 Å². The molecule has 1 aliphatic heterocycles. The minimum absolute atomic E-state index is 0.574. The molecule has 0 bridgehead atoms. The van der Waals surface area contributed by atoms with Crippen molar-refractivity contribution in [1.82, 2.24) is 14.8 Å². The predicted octanol–water partition coefficient (Wildman–Crippen LogP) is 2.25. The average Bonchev–Trinajstić information content (AvgIpc) is 2.75. The van der Waals surface area contributed by atoms with Gasteiger partial charge in [0.15, 0.2) is 0 Å². The SMILES string of the molecule is CN(C)CC(C)(O)c1ccc2c(c1)CN(Cc1ccccn1)CCO2. The third kappa shape index (κ3) is 4.57. The minimum Gasteiger partial charge on any atom is -0.492 e. The highest BCUT2D eigenvalue weighted by atomic mass is 16.5. The summed E-state index contributed by atoms with van der Waals surface area (Å²) in [6.45, 7) is 5.53. The van der Waals surface area contributed by atoms with Crippen LogP contribution in [0.1, 0.15) is 23.7 Å². The third-order valence-electron chi connectivity index (χ3n) is 4.48. The van der Waals surface area contributed by atoms with Gasteiger partial charge in [0.1, 0.15) is 12.4 Å². The van der Waals surface area contributed by atoms with Crippen molar-refractivity contribution in [2.24, 2.45) is 0 Å². The lowest BCUT2D eigenvalue weighted by atomic mass is 9.93. The quantitative estimate of drug-likeness (QED) is 0.904. The van der Waals surface area contributed by atoms with Crippen LogP contribution in [0.5, 0.6) is 5.75 Å². The van der Waals surface area contributed by atoms with Gasteiger partial charge in [0.05, 0.1) is 11.3 Å². The van der Waals surface area contributed by atoms with Crippen LogP contribution in [-0.4, -0.2) is 53.7 Å². The van der Waals surface area contributed by atoms with E-state index in [1.54, 1.807) is 0 Å². The first-order chi connectivity index (χ1) is 11.9. The van der Waals surface area contributed by atoms with Gasteiger partial charge in [-0.1, -0.05) is 12.1 Å². The van der Waals surface area contributed by atoms with Gasteiger partial charge in [-0.3, -0.25) is 9.88 Å². The van der Waals surface area contributed by atoms with Crippen LogP contribution in [0.4, 0.5) is 0 Å². The highest BCUT2D eigenvalue weighted by Crippen LogP contribution is 2.30. The van der Waals surface area contributed by atoms with Gasteiger partial charge < -0.3 is 14.7 Å². The van der Waals surface area contributed by atoms with E-state index in [1.165, 1.54) is 0 Å². The van der Waals surface area contributed by atoms with Gasteiger partial charge in [0, 0.05) is 37.9 Å². The normalized spacial score (nSPS) is 17.5. The van der Waals surface area contributed by atoms with E-state index in [0.29, 0.717) is 13.2 Å². The number of aromatic nitrogens is 1. The summed E-state index contributed by atoms with van der Waals surface area (Å²) in [7, 11) is 3.94. The molecule has 1 aromatic heterocycles. The van der Waals surface area contributed by atoms with Crippen molar-refractivity contribution in [3.63, 3.8) is 0 Å². The second kappa shape index (κ2) is 7.52. The summed E-state index contributed by atoms with van der Waals surface area (Å²) in [6, 6.07) is 12.0. The van der Waals surface area contributed by atoms with Crippen LogP contribution in [0.25, 0.3) is 0 Å². The number of ether oxygens (including phenoxy) is 1. The predicted molar refractivity (Wildman–Crippen MR) is 98.4 cm³/mol. The highest BCUT2D eigenvalue weighted by molar-refractivity contribution is 5.40. The average molecular weight is 341 g/mol. The van der Waals surface area contributed by atoms with Crippen molar-refractivity contribution in [2.75, 3.05) is 33.8 Å². The second-order valence-corrected chi connectivity index (χ2v) is 7.21. The summed E-state index contributed by atoms with van der Waals surface area (Å²) in [5.41, 5.74) is 2.20. The van der Waals surface area contributed by atoms with Gasteiger partial charge >= 0.3 is 0 Å². The molecule has 134 valence electrons. The van der Waals surface area contributed by atoms with Crippen LogP contribution in [0.15, 0.2) is 42.6 Å². The summed E-state index contributed by atoms with van der Waals surface area (Å²) < 4.78 is 5.91. The summed E-state index contributed by atoms with van der Waals surface area (Å²) in [5, 5.41) is 10.8. The van der Waals surface area contributed by atoms with Gasteiger partial charge in [0.25, 0.3) is 0 Å². The van der Waals surface area contributed by atoms with Crippen LogP contribution in [0.3, 0.4) is 0 Å². The molecule has 0 amide bonds. The largest absolute Gasteiger partial charge is 0.492 e. The van der Waals surface area contributed by atoms with Crippen LogP contribution >= 0.6 is 0 Å². The molecule has 25 heavy (non-hydrogen) atoms. The lowest BCUT2D eigenvalue weighted by Gasteiger charge is -2.28. The fraction of sp³-hybridized carbons (Fsp3) is 0.450. The molecule has 1 aliphatic rings. The van der Waals surface area contributed by atoms with Crippen molar-refractivity contribution < 1.29 is 9.84 Å². The number of nitrogens with zero attached hydrogens (tertiary/aromatic N) is 3. The molecule has 1 atom stereocenters. The number of aliphatic hydroxyl groups is 1. The topological polar surface area (TPSA) is 48.8 Å². The Morgan fingerprint density at radius 3 is 2.84 bits per heavy atom. The van der Waals surface area contributed by atoms with E-state index in [-0.39, 0.29) is 0 Å². The first-order valence-corrected chi connectivity index (χ1v) is 8.69. The van der Waals surface area contributed by atoms with Gasteiger partial charge in [-0.2, -0.15) is 0 Å². The van der Waals surface area contributed by atoms with Crippen molar-refractivity contribution in [1.29, 1.82) is 0 Å². The van der Waals surface area contributed by atoms with Gasteiger partial charge in [0.2, 0.25) is 0 Å². The van der Waals surface area contributed by atoms with E-state index in [0.717, 1.165) is 42.2 Å². The number of rotatable bonds is 5. The Bertz CT molecular complexity index is 701. The zero-order valence-corrected chi connectivity index (χ0v) is 15.3. The Morgan fingerprint density at radius 2 is 2.12 bits per heavy atom. The molecule has 5 heteroatoms. The lowest BCUT2D eigenvalue weighted by molar-refractivity contribution is 0.0299. The van der Waals surface area contributed by atoms with E-state index >= 15 is 0 Å². The third-order valence-corrected chi connectivity index (χ3v) is 4.48. The number of fused-ring (bicyclic) bond motifs is 1. The van der Waals surface area contributed by atoms with E-state index in [2.05, 4.69) is 16.0 Å². The molecule has 5 nitrogen and oxygen atoms in total. The summed E-state index contributed by atoms with van der Waals surface area (Å²) in [6.07, 6.45) is 1.83. The van der Waals surface area contributed by atoms with Crippen molar-refractivity contribution in [3.8, 4) is 5.75 Å². The molecular formula is C20H27N3O2. The fourth-order valence-corrected chi connectivity index (χ4v) is 3.35. The van der Waals surface area contributed by atoms with E-state index in [9.17, 15) is 5.11 Å². The molecule has 0 spiro atoms. The standard InChI is InChI=1S/C20H27N3O2/c1-20(24,15-22(2)3)17-7-8-19-16(12-17)13-23(10-11-25-19)14-18-6-4-5-9-21-18/h4-9,12,24H,10-11,13-15H2,1-3H3. The Labute approximate surface area is 149 Å². The second-order valence-electron chi connectivity index (χ2n) is 7.21. The number of benzene rings is 1. The van der Waals surface area contributed by atoms with Crippen LogP contribution in [-0.2, 0) is 18.7 Å². The Kier molecular flexibility index (Phi) is 5.37. The molecule has 0 saturated heterocycles. The first kappa shape index (κ1) is 17.9. The zero-order chi connectivity index (χ0) is 17.9. The summed E-state index contributed by atoms with van der Waals surface area (Å²) in [5.74, 6) is 0.910. The van der Waals surface area contributed by atoms with Crippen LogP contribution in [0.2, 0.25) is 0 Å². The smallest absolute Gasteiger partial charge is 0.123 e. The number of likely N-dealkylation sites (N-methyl/N-ethyl adjacent to an activating group) is 1. The Morgan fingerprint density at radius 1 is 1.28 bits per heavy atom. The molecule has 0 saturated carbocycles. The Balaban J connectivity index is 1.80. The first-order valence-electron chi connectivity index (χ1n) is 8.69. The van der Waals surface area contributed by atoms with E-state index < -0.39 is 5.60 Å². The molecule has 0 radical (unpaired) electrons. The molecule has 1 unspecified atom stereocenters. The fourth-order valence-electron chi connectivity index (χ4n) is 3.35. The molecule has 0 aliphatic carbocycles. The Hall–Kier alpha value is -1.95. The minimum atomic E-state index is -0.892. The monoisotopic (exact) mass is 341 g/mol. The number of hydrogen-bond acceptors (Lipinski definition) is 5. The maximum Gasteiger partial charge on any atom is 0.123 e. The summed E-state index contributed by atoms with van der Waals surface area (Å²) in [4.78, 5) is 8.75. The van der Waals surface area contributed by atoms with E-state index in [1.807, 2.05) is 62.4 Å². The molecular weight excluding hydrogens is 314 g/mol. The molecule has 3 rings (SSSR count). The zero-order valence-electron chi connectivity index (χ0n) is 15.3. The summed E-state index contributed by atoms with van der Waals surface area (Å²) >= 11 is 0.